The average molecular weight is 208 g/mol. The second kappa shape index (κ2) is 5.66. The van der Waals surface area contributed by atoms with Crippen molar-refractivity contribution < 1.29 is 14.6 Å². The van der Waals surface area contributed by atoms with Gasteiger partial charge in [-0.05, 0) is 12.5 Å². The summed E-state index contributed by atoms with van der Waals surface area (Å²) in [6.07, 6.45) is -0.941. The number of rotatable bonds is 5. The topological polar surface area (TPSA) is 38.7 Å². The van der Waals surface area contributed by atoms with E-state index in [9.17, 15) is 5.11 Å². The van der Waals surface area contributed by atoms with Gasteiger partial charge in [0.15, 0.2) is 6.29 Å². The van der Waals surface area contributed by atoms with E-state index >= 15 is 0 Å². The minimum atomic E-state index is -0.941. The third kappa shape index (κ3) is 3.47. The number of aliphatic hydroxyl groups is 1. The monoisotopic (exact) mass is 208 g/mol. The Morgan fingerprint density at radius 3 is 2.47 bits per heavy atom. The summed E-state index contributed by atoms with van der Waals surface area (Å²) in [6, 6.07) is 7.42. The van der Waals surface area contributed by atoms with Gasteiger partial charge in [0.1, 0.15) is 6.79 Å². The second-order valence-corrected chi connectivity index (χ2v) is 3.33. The minimum absolute atomic E-state index is 0.0728. The van der Waals surface area contributed by atoms with Gasteiger partial charge in [-0.3, -0.25) is 0 Å². The van der Waals surface area contributed by atoms with E-state index in [1.807, 2.05) is 31.2 Å². The zero-order chi connectivity index (χ0) is 11.3. The number of hydrogen-bond acceptors (Lipinski definition) is 3. The van der Waals surface area contributed by atoms with Crippen LogP contribution >= 0.6 is 0 Å². The first-order chi connectivity index (χ1) is 7.15. The largest absolute Gasteiger partial charge is 0.364 e. The molecule has 0 spiro atoms. The molecule has 3 nitrogen and oxygen atoms in total. The van der Waals surface area contributed by atoms with Gasteiger partial charge in [0.25, 0.3) is 0 Å². The molecule has 0 saturated carbocycles. The van der Waals surface area contributed by atoms with Gasteiger partial charge in [-0.25, -0.2) is 0 Å². The Balaban J connectivity index is 2.66. The van der Waals surface area contributed by atoms with Crippen LogP contribution in [0.25, 0.3) is 5.57 Å². The van der Waals surface area contributed by atoms with Crippen molar-refractivity contribution in [2.75, 3.05) is 13.9 Å². The van der Waals surface area contributed by atoms with Crippen LogP contribution in [-0.4, -0.2) is 19.0 Å². The van der Waals surface area contributed by atoms with Gasteiger partial charge >= 0.3 is 0 Å². The zero-order valence-corrected chi connectivity index (χ0v) is 9.06. The maximum Gasteiger partial charge on any atom is 0.183 e. The summed E-state index contributed by atoms with van der Waals surface area (Å²) in [5.74, 6) is 0. The van der Waals surface area contributed by atoms with E-state index in [1.165, 1.54) is 7.11 Å². The van der Waals surface area contributed by atoms with Gasteiger partial charge < -0.3 is 14.6 Å². The summed E-state index contributed by atoms with van der Waals surface area (Å²) in [5, 5.41) is 9.56. The average Bonchev–Trinajstić information content (AvgIpc) is 2.26. The number of hydrogen-bond donors (Lipinski definition) is 1. The van der Waals surface area contributed by atoms with Gasteiger partial charge in [-0.15, -0.1) is 0 Å². The summed E-state index contributed by atoms with van der Waals surface area (Å²) in [7, 11) is 1.51. The molecule has 82 valence electrons. The van der Waals surface area contributed by atoms with Gasteiger partial charge in [-0.1, -0.05) is 36.4 Å². The molecule has 1 aromatic carbocycles. The van der Waals surface area contributed by atoms with Crippen LogP contribution in [0.5, 0.6) is 0 Å². The minimum Gasteiger partial charge on any atom is -0.364 e. The van der Waals surface area contributed by atoms with Crippen molar-refractivity contribution in [1.82, 2.24) is 0 Å². The Morgan fingerprint density at radius 2 is 2.00 bits per heavy atom. The zero-order valence-electron chi connectivity index (χ0n) is 9.06. The van der Waals surface area contributed by atoms with Crippen LogP contribution in [0, 0.1) is 0 Å². The normalized spacial score (nSPS) is 12.5. The van der Waals surface area contributed by atoms with Gasteiger partial charge in [-0.2, -0.15) is 0 Å². The second-order valence-electron chi connectivity index (χ2n) is 3.33. The van der Waals surface area contributed by atoms with Crippen molar-refractivity contribution in [3.05, 3.63) is 42.0 Å². The van der Waals surface area contributed by atoms with Crippen LogP contribution in [0.4, 0.5) is 0 Å². The van der Waals surface area contributed by atoms with Gasteiger partial charge in [0, 0.05) is 12.7 Å². The van der Waals surface area contributed by atoms with E-state index in [-0.39, 0.29) is 6.79 Å². The maximum absolute atomic E-state index is 9.56. The maximum atomic E-state index is 9.56. The molecule has 1 unspecified atom stereocenters. The molecule has 0 fully saturated rings. The quantitative estimate of drug-likeness (QED) is 0.755. The van der Waals surface area contributed by atoms with E-state index in [0.717, 1.165) is 11.1 Å². The van der Waals surface area contributed by atoms with Crippen LogP contribution in [-0.2, 0) is 9.47 Å². The number of methoxy groups -OCH3 is 1. The number of ether oxygens (including phenoxy) is 2. The van der Waals surface area contributed by atoms with Gasteiger partial charge in [0.05, 0.1) is 0 Å². The third-order valence-electron chi connectivity index (χ3n) is 2.03. The number of allylic oxidation sites excluding steroid dienone is 1. The summed E-state index contributed by atoms with van der Waals surface area (Å²) >= 11 is 0. The molecule has 0 aliphatic rings. The van der Waals surface area contributed by atoms with Crippen molar-refractivity contribution in [2.45, 2.75) is 13.2 Å². The molecule has 0 amide bonds. The lowest BCUT2D eigenvalue weighted by atomic mass is 10.1. The molecule has 0 bridgehead atoms. The molecule has 0 heterocycles. The van der Waals surface area contributed by atoms with Crippen LogP contribution < -0.4 is 0 Å². The molecule has 1 aromatic rings. The first-order valence-electron chi connectivity index (χ1n) is 4.69. The predicted octanol–water partition coefficient (Wildman–Crippen LogP) is 2.33. The van der Waals surface area contributed by atoms with E-state index in [0.29, 0.717) is 5.56 Å². The van der Waals surface area contributed by atoms with Crippen molar-refractivity contribution in [2.24, 2.45) is 0 Å². The van der Waals surface area contributed by atoms with Crippen molar-refractivity contribution in [3.8, 4) is 0 Å². The number of benzene rings is 1. The van der Waals surface area contributed by atoms with E-state index in [1.54, 1.807) is 0 Å². The highest BCUT2D eigenvalue weighted by molar-refractivity contribution is 5.61. The Hall–Kier alpha value is -1.16. The molecule has 0 saturated heterocycles. The molecular weight excluding hydrogens is 192 g/mol. The molecule has 0 aliphatic carbocycles. The van der Waals surface area contributed by atoms with Crippen LogP contribution in [0.1, 0.15) is 24.3 Å². The molecular formula is C12H16O3. The lowest BCUT2D eigenvalue weighted by molar-refractivity contribution is -0.164. The molecule has 3 heteroatoms. The fourth-order valence-corrected chi connectivity index (χ4v) is 1.16. The Labute approximate surface area is 90.0 Å². The van der Waals surface area contributed by atoms with E-state index < -0.39 is 6.29 Å². The van der Waals surface area contributed by atoms with Crippen molar-refractivity contribution in [1.29, 1.82) is 0 Å². The van der Waals surface area contributed by atoms with Crippen LogP contribution in [0.2, 0.25) is 0 Å². The summed E-state index contributed by atoms with van der Waals surface area (Å²) in [6.45, 7) is 5.85. The molecule has 15 heavy (non-hydrogen) atoms. The fourth-order valence-electron chi connectivity index (χ4n) is 1.16. The molecule has 1 N–H and O–H groups in total. The van der Waals surface area contributed by atoms with E-state index in [2.05, 4.69) is 6.58 Å². The smallest absolute Gasteiger partial charge is 0.183 e. The third-order valence-corrected chi connectivity index (χ3v) is 2.03. The summed E-state index contributed by atoms with van der Waals surface area (Å²) in [4.78, 5) is 0. The summed E-state index contributed by atoms with van der Waals surface area (Å²) in [5.41, 5.74) is 2.75. The standard InChI is InChI=1S/C12H16O3/c1-9(2)10-4-6-11(7-5-10)12(13)15-8-14-3/h4-7,12-13H,1,8H2,2-3H3. The first-order valence-corrected chi connectivity index (χ1v) is 4.69. The Kier molecular flexibility index (Phi) is 4.49. The highest BCUT2D eigenvalue weighted by atomic mass is 16.7. The molecule has 1 atom stereocenters. The number of aliphatic hydroxyl groups excluding tert-OH is 1. The first kappa shape index (κ1) is 11.9. The lowest BCUT2D eigenvalue weighted by Gasteiger charge is -2.11. The van der Waals surface area contributed by atoms with E-state index in [4.69, 9.17) is 9.47 Å². The lowest BCUT2D eigenvalue weighted by Crippen LogP contribution is -2.05. The molecule has 0 aromatic heterocycles. The molecule has 0 aliphatic heterocycles. The van der Waals surface area contributed by atoms with Crippen LogP contribution in [0.3, 0.4) is 0 Å². The highest BCUT2D eigenvalue weighted by Gasteiger charge is 2.06. The Morgan fingerprint density at radius 1 is 1.40 bits per heavy atom. The van der Waals surface area contributed by atoms with Gasteiger partial charge in [0.2, 0.25) is 0 Å². The van der Waals surface area contributed by atoms with Crippen molar-refractivity contribution >= 4 is 5.57 Å². The molecule has 1 rings (SSSR count). The SMILES string of the molecule is C=C(C)c1ccc(C(O)OCOC)cc1. The van der Waals surface area contributed by atoms with Crippen molar-refractivity contribution in [3.63, 3.8) is 0 Å². The highest BCUT2D eigenvalue weighted by Crippen LogP contribution is 2.18. The van der Waals surface area contributed by atoms with Crippen LogP contribution in [0.15, 0.2) is 30.8 Å². The fraction of sp³-hybridized carbons (Fsp3) is 0.333. The Bertz CT molecular complexity index is 316. The predicted molar refractivity (Wildman–Crippen MR) is 59.1 cm³/mol. The molecule has 0 radical (unpaired) electrons. The summed E-state index contributed by atoms with van der Waals surface area (Å²) < 4.78 is 9.69.